The zero-order valence-corrected chi connectivity index (χ0v) is 12.1. The van der Waals surface area contributed by atoms with Crippen LogP contribution in [0.3, 0.4) is 0 Å². The summed E-state index contributed by atoms with van der Waals surface area (Å²) in [6, 6.07) is 10.5. The minimum absolute atomic E-state index is 0.0799. The molecule has 2 nitrogen and oxygen atoms in total. The molecule has 106 valence electrons. The fourth-order valence-electron chi connectivity index (χ4n) is 2.15. The summed E-state index contributed by atoms with van der Waals surface area (Å²) in [5.41, 5.74) is 6.34. The van der Waals surface area contributed by atoms with E-state index >= 15 is 0 Å². The molecule has 0 saturated carbocycles. The van der Waals surface area contributed by atoms with Crippen LogP contribution in [0.5, 0.6) is 0 Å². The lowest BCUT2D eigenvalue weighted by Gasteiger charge is -2.23. The molecule has 0 radical (unpaired) electrons. The van der Waals surface area contributed by atoms with Crippen LogP contribution in [0, 0.1) is 11.6 Å². The quantitative estimate of drug-likeness (QED) is 0.893. The third kappa shape index (κ3) is 3.06. The highest BCUT2D eigenvalue weighted by Crippen LogP contribution is 2.33. The van der Waals surface area contributed by atoms with Gasteiger partial charge in [0.05, 0.1) is 10.6 Å². The Bertz CT molecular complexity index is 606. The highest BCUT2D eigenvalue weighted by molar-refractivity contribution is 9.10. The Morgan fingerprint density at radius 1 is 1.15 bits per heavy atom. The van der Waals surface area contributed by atoms with Gasteiger partial charge in [0, 0.05) is 18.0 Å². The molecular weight excluding hydrogens is 328 g/mol. The van der Waals surface area contributed by atoms with Gasteiger partial charge >= 0.3 is 0 Å². The van der Waals surface area contributed by atoms with Gasteiger partial charge in [-0.25, -0.2) is 8.78 Å². The summed E-state index contributed by atoms with van der Waals surface area (Å²) in [6.45, 7) is 0.0799. The summed E-state index contributed by atoms with van der Waals surface area (Å²) in [4.78, 5) is 0. The monoisotopic (exact) mass is 341 g/mol. The minimum Gasteiger partial charge on any atom is -0.388 e. The van der Waals surface area contributed by atoms with Crippen molar-refractivity contribution in [1.82, 2.24) is 0 Å². The first-order chi connectivity index (χ1) is 9.54. The molecule has 2 unspecified atom stereocenters. The van der Waals surface area contributed by atoms with Crippen molar-refractivity contribution < 1.29 is 13.9 Å². The lowest BCUT2D eigenvalue weighted by atomic mass is 9.89. The van der Waals surface area contributed by atoms with Crippen molar-refractivity contribution in [1.29, 1.82) is 0 Å². The SMILES string of the molecule is NCC(c1cccc(F)c1)C(O)c1cccc(Br)c1F. The predicted octanol–water partition coefficient (Wildman–Crippen LogP) is 3.50. The zero-order valence-electron chi connectivity index (χ0n) is 10.6. The average molecular weight is 342 g/mol. The molecule has 0 heterocycles. The van der Waals surface area contributed by atoms with E-state index in [0.717, 1.165) is 0 Å². The number of nitrogens with two attached hydrogens (primary N) is 1. The molecule has 0 aliphatic carbocycles. The standard InChI is InChI=1S/C15H14BrF2NO/c16-13-6-2-5-11(14(13)18)15(20)12(8-19)9-3-1-4-10(17)7-9/h1-7,12,15,20H,8,19H2. The number of benzene rings is 2. The highest BCUT2D eigenvalue weighted by Gasteiger charge is 2.25. The van der Waals surface area contributed by atoms with Crippen molar-refractivity contribution in [2.75, 3.05) is 6.54 Å². The van der Waals surface area contributed by atoms with Gasteiger partial charge in [-0.3, -0.25) is 0 Å². The predicted molar refractivity (Wildman–Crippen MR) is 77.3 cm³/mol. The Balaban J connectivity index is 2.39. The molecule has 2 aromatic carbocycles. The highest BCUT2D eigenvalue weighted by atomic mass is 79.9. The van der Waals surface area contributed by atoms with Crippen LogP contribution >= 0.6 is 15.9 Å². The molecule has 0 spiro atoms. The van der Waals surface area contributed by atoms with Crippen molar-refractivity contribution >= 4 is 15.9 Å². The van der Waals surface area contributed by atoms with E-state index in [4.69, 9.17) is 5.73 Å². The van der Waals surface area contributed by atoms with Gasteiger partial charge in [0.25, 0.3) is 0 Å². The van der Waals surface area contributed by atoms with Gasteiger partial charge in [0.15, 0.2) is 0 Å². The van der Waals surface area contributed by atoms with Gasteiger partial charge in [0.2, 0.25) is 0 Å². The molecule has 0 amide bonds. The maximum atomic E-state index is 14.0. The van der Waals surface area contributed by atoms with E-state index in [1.54, 1.807) is 18.2 Å². The molecule has 0 fully saturated rings. The van der Waals surface area contributed by atoms with Crippen molar-refractivity contribution in [3.8, 4) is 0 Å². The largest absolute Gasteiger partial charge is 0.388 e. The summed E-state index contributed by atoms with van der Waals surface area (Å²) in [5, 5.41) is 10.4. The number of aliphatic hydroxyl groups excluding tert-OH is 1. The van der Waals surface area contributed by atoms with Crippen LogP contribution in [-0.2, 0) is 0 Å². The topological polar surface area (TPSA) is 46.2 Å². The fraction of sp³-hybridized carbons (Fsp3) is 0.200. The summed E-state index contributed by atoms with van der Waals surface area (Å²) in [5.74, 6) is -1.52. The van der Waals surface area contributed by atoms with E-state index < -0.39 is 23.7 Å². The van der Waals surface area contributed by atoms with Crippen molar-refractivity contribution in [3.05, 3.63) is 69.7 Å². The molecule has 2 aromatic rings. The first kappa shape index (κ1) is 15.1. The number of hydrogen-bond donors (Lipinski definition) is 2. The van der Waals surface area contributed by atoms with Gasteiger partial charge in [-0.15, -0.1) is 0 Å². The average Bonchev–Trinajstić information content (AvgIpc) is 2.42. The molecule has 3 N–H and O–H groups in total. The molecular formula is C15H14BrF2NO. The van der Waals surface area contributed by atoms with E-state index in [9.17, 15) is 13.9 Å². The fourth-order valence-corrected chi connectivity index (χ4v) is 2.53. The molecule has 0 bridgehead atoms. The second-order valence-electron chi connectivity index (χ2n) is 4.49. The minimum atomic E-state index is -1.14. The normalized spacial score (nSPS) is 14.1. The maximum Gasteiger partial charge on any atom is 0.143 e. The molecule has 0 aliphatic heterocycles. The van der Waals surface area contributed by atoms with E-state index in [1.165, 1.54) is 24.3 Å². The van der Waals surface area contributed by atoms with E-state index in [0.29, 0.717) is 5.56 Å². The summed E-state index contributed by atoms with van der Waals surface area (Å²) in [7, 11) is 0. The molecule has 20 heavy (non-hydrogen) atoms. The number of aliphatic hydroxyl groups is 1. The van der Waals surface area contributed by atoms with E-state index in [2.05, 4.69) is 15.9 Å². The van der Waals surface area contributed by atoms with Crippen LogP contribution in [0.2, 0.25) is 0 Å². The van der Waals surface area contributed by atoms with Gasteiger partial charge in [-0.2, -0.15) is 0 Å². The molecule has 0 aromatic heterocycles. The van der Waals surface area contributed by atoms with Crippen molar-refractivity contribution in [2.45, 2.75) is 12.0 Å². The van der Waals surface area contributed by atoms with Gasteiger partial charge < -0.3 is 10.8 Å². The molecule has 0 saturated heterocycles. The van der Waals surface area contributed by atoms with Crippen LogP contribution in [0.15, 0.2) is 46.9 Å². The molecule has 2 rings (SSSR count). The smallest absolute Gasteiger partial charge is 0.143 e. The molecule has 5 heteroatoms. The first-order valence-electron chi connectivity index (χ1n) is 6.12. The zero-order chi connectivity index (χ0) is 14.7. The van der Waals surface area contributed by atoms with Gasteiger partial charge in [-0.05, 0) is 39.7 Å². The number of hydrogen-bond acceptors (Lipinski definition) is 2. The lowest BCUT2D eigenvalue weighted by Crippen LogP contribution is -2.21. The second-order valence-corrected chi connectivity index (χ2v) is 5.34. The van der Waals surface area contributed by atoms with Crippen LogP contribution in [0.1, 0.15) is 23.1 Å². The van der Waals surface area contributed by atoms with Crippen molar-refractivity contribution in [3.63, 3.8) is 0 Å². The van der Waals surface area contributed by atoms with Crippen molar-refractivity contribution in [2.24, 2.45) is 5.73 Å². The maximum absolute atomic E-state index is 14.0. The first-order valence-corrected chi connectivity index (χ1v) is 6.91. The number of rotatable bonds is 4. The Kier molecular flexibility index (Phi) is 4.86. The van der Waals surface area contributed by atoms with Crippen LogP contribution < -0.4 is 5.73 Å². The third-order valence-electron chi connectivity index (χ3n) is 3.21. The molecule has 2 atom stereocenters. The van der Waals surface area contributed by atoms with E-state index in [-0.39, 0.29) is 16.6 Å². The summed E-state index contributed by atoms with van der Waals surface area (Å²) >= 11 is 3.08. The van der Waals surface area contributed by atoms with Crippen LogP contribution in [-0.4, -0.2) is 11.7 Å². The summed E-state index contributed by atoms with van der Waals surface area (Å²) in [6.07, 6.45) is -1.14. The van der Waals surface area contributed by atoms with Crippen LogP contribution in [0.4, 0.5) is 8.78 Å². The number of halogens is 3. The Morgan fingerprint density at radius 2 is 1.85 bits per heavy atom. The lowest BCUT2D eigenvalue weighted by molar-refractivity contribution is 0.143. The Hall–Kier alpha value is -1.30. The van der Waals surface area contributed by atoms with E-state index in [1.807, 2.05) is 0 Å². The Morgan fingerprint density at radius 3 is 2.50 bits per heavy atom. The molecule has 0 aliphatic rings. The second kappa shape index (κ2) is 6.43. The van der Waals surface area contributed by atoms with Crippen LogP contribution in [0.25, 0.3) is 0 Å². The third-order valence-corrected chi connectivity index (χ3v) is 3.82. The summed E-state index contributed by atoms with van der Waals surface area (Å²) < 4.78 is 27.6. The Labute approximate surface area is 124 Å². The van der Waals surface area contributed by atoms with Gasteiger partial charge in [-0.1, -0.05) is 24.3 Å². The van der Waals surface area contributed by atoms with Gasteiger partial charge in [0.1, 0.15) is 11.6 Å².